The van der Waals surface area contributed by atoms with Crippen LogP contribution < -0.4 is 10.9 Å². The van der Waals surface area contributed by atoms with E-state index in [1.165, 1.54) is 23.9 Å². The molecule has 1 N–H and O–H groups in total. The molecule has 1 amide bonds. The number of rotatable bonds is 8. The minimum Gasteiger partial charge on any atom is -0.382 e. The Hall–Kier alpha value is -2.73. The molecule has 0 fully saturated rings. The molecule has 0 aliphatic carbocycles. The highest BCUT2D eigenvalue weighted by molar-refractivity contribution is 6.00. The number of carbonyl (C=O) groups is 2. The number of hydrogen-bond donors (Lipinski definition) is 1. The van der Waals surface area contributed by atoms with Crippen LogP contribution in [-0.4, -0.2) is 36.5 Å². The molecule has 0 bridgehead atoms. The minimum absolute atomic E-state index is 0.0333. The van der Waals surface area contributed by atoms with Crippen molar-refractivity contribution in [3.8, 4) is 0 Å². The van der Waals surface area contributed by atoms with Gasteiger partial charge in [0.2, 0.25) is 0 Å². The van der Waals surface area contributed by atoms with Crippen LogP contribution in [0.1, 0.15) is 46.0 Å². The largest absolute Gasteiger partial charge is 0.382 e. The summed E-state index contributed by atoms with van der Waals surface area (Å²) in [5.41, 5.74) is 0.807. The Bertz CT molecular complexity index is 827. The zero-order valence-corrected chi connectivity index (χ0v) is 15.3. The molecule has 138 valence electrons. The highest BCUT2D eigenvalue weighted by Crippen LogP contribution is 2.11. The normalized spacial score (nSPS) is 11.8. The SMILES string of the molecule is CNC(=O)c1cc(C(=O)CCC(C)OC)cn(Cc2ccccc2)c1=O. The summed E-state index contributed by atoms with van der Waals surface area (Å²) < 4.78 is 6.58. The molecule has 26 heavy (non-hydrogen) atoms. The van der Waals surface area contributed by atoms with Gasteiger partial charge in [-0.05, 0) is 25.0 Å². The first-order chi connectivity index (χ1) is 12.5. The van der Waals surface area contributed by atoms with Crippen molar-refractivity contribution in [2.45, 2.75) is 32.4 Å². The standard InChI is InChI=1S/C20H24N2O4/c1-14(26-3)9-10-18(23)16-11-17(19(24)21-2)20(25)22(13-16)12-15-7-5-4-6-8-15/h4-8,11,13-14H,9-10,12H2,1-3H3,(H,21,24). The lowest BCUT2D eigenvalue weighted by Crippen LogP contribution is -2.32. The van der Waals surface area contributed by atoms with E-state index < -0.39 is 11.5 Å². The van der Waals surface area contributed by atoms with Crippen molar-refractivity contribution >= 4 is 11.7 Å². The van der Waals surface area contributed by atoms with Crippen LogP contribution in [0.25, 0.3) is 0 Å². The van der Waals surface area contributed by atoms with Gasteiger partial charge in [0.15, 0.2) is 5.78 Å². The van der Waals surface area contributed by atoms with Crippen molar-refractivity contribution in [1.82, 2.24) is 9.88 Å². The molecule has 6 nitrogen and oxygen atoms in total. The summed E-state index contributed by atoms with van der Waals surface area (Å²) in [5.74, 6) is -0.627. The first kappa shape index (κ1) is 19.6. The van der Waals surface area contributed by atoms with Crippen LogP contribution in [0.4, 0.5) is 0 Å². The number of aromatic nitrogens is 1. The third-order valence-electron chi connectivity index (χ3n) is 4.26. The van der Waals surface area contributed by atoms with Gasteiger partial charge in [0.05, 0.1) is 12.6 Å². The van der Waals surface area contributed by atoms with Crippen LogP contribution >= 0.6 is 0 Å². The van der Waals surface area contributed by atoms with Crippen LogP contribution in [0.2, 0.25) is 0 Å². The summed E-state index contributed by atoms with van der Waals surface area (Å²) in [6.45, 7) is 2.18. The van der Waals surface area contributed by atoms with Gasteiger partial charge < -0.3 is 14.6 Å². The fourth-order valence-electron chi connectivity index (χ4n) is 2.58. The van der Waals surface area contributed by atoms with Crippen LogP contribution in [0.15, 0.2) is 47.4 Å². The lowest BCUT2D eigenvalue weighted by Gasteiger charge is -2.12. The Morgan fingerprint density at radius 3 is 2.54 bits per heavy atom. The van der Waals surface area contributed by atoms with Crippen molar-refractivity contribution in [1.29, 1.82) is 0 Å². The molecule has 1 heterocycles. The highest BCUT2D eigenvalue weighted by atomic mass is 16.5. The maximum atomic E-state index is 12.6. The molecule has 0 saturated heterocycles. The molecule has 0 saturated carbocycles. The van der Waals surface area contributed by atoms with Gasteiger partial charge in [-0.25, -0.2) is 0 Å². The van der Waals surface area contributed by atoms with Gasteiger partial charge in [0.25, 0.3) is 11.5 Å². The Morgan fingerprint density at radius 2 is 1.92 bits per heavy atom. The third-order valence-corrected chi connectivity index (χ3v) is 4.26. The average molecular weight is 356 g/mol. The fraction of sp³-hybridized carbons (Fsp3) is 0.350. The summed E-state index contributed by atoms with van der Waals surface area (Å²) in [4.78, 5) is 37.2. The number of ether oxygens (including phenoxy) is 1. The number of methoxy groups -OCH3 is 1. The van der Waals surface area contributed by atoms with Gasteiger partial charge >= 0.3 is 0 Å². The lowest BCUT2D eigenvalue weighted by atomic mass is 10.0. The van der Waals surface area contributed by atoms with E-state index in [1.807, 2.05) is 37.3 Å². The van der Waals surface area contributed by atoms with Gasteiger partial charge in [-0.2, -0.15) is 0 Å². The Kier molecular flexibility index (Phi) is 6.86. The number of pyridine rings is 1. The van der Waals surface area contributed by atoms with Gasteiger partial charge in [0.1, 0.15) is 5.56 Å². The number of hydrogen-bond acceptors (Lipinski definition) is 4. The second-order valence-corrected chi connectivity index (χ2v) is 6.15. The van der Waals surface area contributed by atoms with Crippen molar-refractivity contribution in [2.24, 2.45) is 0 Å². The highest BCUT2D eigenvalue weighted by Gasteiger charge is 2.17. The van der Waals surface area contributed by atoms with E-state index in [2.05, 4.69) is 5.32 Å². The van der Waals surface area contributed by atoms with E-state index in [1.54, 1.807) is 7.11 Å². The molecule has 1 aromatic heterocycles. The fourth-order valence-corrected chi connectivity index (χ4v) is 2.58. The third kappa shape index (κ3) is 4.89. The average Bonchev–Trinajstić information content (AvgIpc) is 2.67. The van der Waals surface area contributed by atoms with E-state index in [0.717, 1.165) is 5.56 Å². The number of nitrogens with one attached hydrogen (secondary N) is 1. The summed E-state index contributed by atoms with van der Waals surface area (Å²) >= 11 is 0. The zero-order valence-electron chi connectivity index (χ0n) is 15.3. The topological polar surface area (TPSA) is 77.4 Å². The minimum atomic E-state index is -0.503. The molecule has 1 atom stereocenters. The predicted octanol–water partition coefficient (Wildman–Crippen LogP) is 2.25. The molecule has 0 aliphatic heterocycles. The second kappa shape index (κ2) is 9.10. The first-order valence-corrected chi connectivity index (χ1v) is 8.52. The van der Waals surface area contributed by atoms with Crippen molar-refractivity contribution < 1.29 is 14.3 Å². The van der Waals surface area contributed by atoms with Gasteiger partial charge in [-0.1, -0.05) is 30.3 Å². The molecule has 1 unspecified atom stereocenters. The molecule has 1 aromatic carbocycles. The molecule has 6 heteroatoms. The van der Waals surface area contributed by atoms with Crippen molar-refractivity contribution in [2.75, 3.05) is 14.2 Å². The van der Waals surface area contributed by atoms with Crippen molar-refractivity contribution in [3.63, 3.8) is 0 Å². The number of amides is 1. The van der Waals surface area contributed by atoms with Crippen LogP contribution in [0.3, 0.4) is 0 Å². The quantitative estimate of drug-likeness (QED) is 0.736. The Labute approximate surface area is 152 Å². The van der Waals surface area contributed by atoms with Gasteiger partial charge in [0, 0.05) is 32.3 Å². The summed E-state index contributed by atoms with van der Waals surface area (Å²) in [5, 5.41) is 2.46. The smallest absolute Gasteiger partial charge is 0.263 e. The Balaban J connectivity index is 2.39. The maximum Gasteiger partial charge on any atom is 0.263 e. The van der Waals surface area contributed by atoms with E-state index in [0.29, 0.717) is 18.5 Å². The number of carbonyl (C=O) groups excluding carboxylic acids is 2. The molecule has 2 aromatic rings. The summed E-state index contributed by atoms with van der Waals surface area (Å²) in [7, 11) is 3.05. The Morgan fingerprint density at radius 1 is 1.23 bits per heavy atom. The molecule has 0 spiro atoms. The van der Waals surface area contributed by atoms with Crippen LogP contribution in [0, 0.1) is 0 Å². The van der Waals surface area contributed by atoms with Crippen molar-refractivity contribution in [3.05, 3.63) is 69.6 Å². The van der Waals surface area contributed by atoms with Gasteiger partial charge in [-0.15, -0.1) is 0 Å². The summed E-state index contributed by atoms with van der Waals surface area (Å²) in [6, 6.07) is 10.8. The molecule has 2 rings (SSSR count). The predicted molar refractivity (Wildman–Crippen MR) is 99.7 cm³/mol. The second-order valence-electron chi connectivity index (χ2n) is 6.15. The molecule has 0 aliphatic rings. The van der Waals surface area contributed by atoms with E-state index in [-0.39, 0.29) is 23.9 Å². The molecular formula is C20H24N2O4. The van der Waals surface area contributed by atoms with E-state index >= 15 is 0 Å². The molecular weight excluding hydrogens is 332 g/mol. The van der Waals surface area contributed by atoms with E-state index in [9.17, 15) is 14.4 Å². The number of Topliss-reactive ketones (excluding diaryl/α,β-unsaturated/α-hetero) is 1. The molecule has 0 radical (unpaired) electrons. The number of nitrogens with zero attached hydrogens (tertiary/aromatic N) is 1. The first-order valence-electron chi connectivity index (χ1n) is 8.52. The number of benzene rings is 1. The van der Waals surface area contributed by atoms with Crippen LogP contribution in [0.5, 0.6) is 0 Å². The zero-order chi connectivity index (χ0) is 19.1. The monoisotopic (exact) mass is 356 g/mol. The van der Waals surface area contributed by atoms with E-state index in [4.69, 9.17) is 4.74 Å². The lowest BCUT2D eigenvalue weighted by molar-refractivity contribution is 0.0877. The number of ketones is 1. The summed E-state index contributed by atoms with van der Waals surface area (Å²) in [6.07, 6.45) is 2.35. The van der Waals surface area contributed by atoms with Gasteiger partial charge in [-0.3, -0.25) is 14.4 Å². The maximum absolute atomic E-state index is 12.6. The van der Waals surface area contributed by atoms with Crippen LogP contribution in [-0.2, 0) is 11.3 Å².